The Balaban J connectivity index is 1.66. The number of amides is 1. The highest BCUT2D eigenvalue weighted by Gasteiger charge is 2.24. The maximum atomic E-state index is 12.7. The minimum absolute atomic E-state index is 0.0771. The van der Waals surface area contributed by atoms with Gasteiger partial charge in [-0.3, -0.25) is 9.52 Å². The highest BCUT2D eigenvalue weighted by Crippen LogP contribution is 2.27. The number of hydrogen-bond acceptors (Lipinski definition) is 6. The number of rotatable bonds is 8. The second-order valence-electron chi connectivity index (χ2n) is 6.70. The van der Waals surface area contributed by atoms with Crippen LogP contribution in [0.3, 0.4) is 0 Å². The SMILES string of the molecule is CCOc1ccccc1NS(=O)(=O)c1ccc(O[C@H](C)C(=O)N2CCOCC2)cc1. The molecule has 162 valence electrons. The highest BCUT2D eigenvalue weighted by atomic mass is 32.2. The number of hydrogen-bond donors (Lipinski definition) is 1. The van der Waals surface area contributed by atoms with E-state index >= 15 is 0 Å². The molecule has 1 aliphatic rings. The lowest BCUT2D eigenvalue weighted by atomic mass is 10.3. The van der Waals surface area contributed by atoms with Crippen molar-refractivity contribution in [2.24, 2.45) is 0 Å². The predicted octanol–water partition coefficient (Wildman–Crippen LogP) is 2.51. The van der Waals surface area contributed by atoms with Crippen LogP contribution in [0.15, 0.2) is 53.4 Å². The molecule has 0 saturated carbocycles. The normalized spacial score (nSPS) is 15.3. The van der Waals surface area contributed by atoms with Gasteiger partial charge in [0, 0.05) is 13.1 Å². The molecule has 1 fully saturated rings. The van der Waals surface area contributed by atoms with Crippen molar-refractivity contribution in [1.82, 2.24) is 4.90 Å². The second-order valence-corrected chi connectivity index (χ2v) is 8.39. The number of benzene rings is 2. The van der Waals surface area contributed by atoms with E-state index in [0.717, 1.165) is 0 Å². The van der Waals surface area contributed by atoms with Gasteiger partial charge < -0.3 is 19.1 Å². The Hall–Kier alpha value is -2.78. The molecule has 3 rings (SSSR count). The fourth-order valence-corrected chi connectivity index (χ4v) is 4.10. The first kappa shape index (κ1) is 21.9. The van der Waals surface area contributed by atoms with Crippen molar-refractivity contribution >= 4 is 21.6 Å². The number of ether oxygens (including phenoxy) is 3. The molecule has 0 aliphatic carbocycles. The van der Waals surface area contributed by atoms with Crippen LogP contribution in [-0.2, 0) is 19.6 Å². The molecule has 1 saturated heterocycles. The molecule has 1 aliphatic heterocycles. The van der Waals surface area contributed by atoms with Gasteiger partial charge in [0.15, 0.2) is 6.10 Å². The summed E-state index contributed by atoms with van der Waals surface area (Å²) in [6.07, 6.45) is -0.679. The maximum Gasteiger partial charge on any atom is 0.263 e. The van der Waals surface area contributed by atoms with Gasteiger partial charge >= 0.3 is 0 Å². The zero-order chi connectivity index (χ0) is 21.6. The smallest absolute Gasteiger partial charge is 0.263 e. The van der Waals surface area contributed by atoms with E-state index in [1.165, 1.54) is 24.3 Å². The third-order valence-electron chi connectivity index (χ3n) is 4.55. The Labute approximate surface area is 176 Å². The number of carbonyl (C=O) groups excluding carboxylic acids is 1. The zero-order valence-corrected chi connectivity index (χ0v) is 17.9. The summed E-state index contributed by atoms with van der Waals surface area (Å²) in [6, 6.07) is 12.8. The van der Waals surface area contributed by atoms with Crippen LogP contribution >= 0.6 is 0 Å². The van der Waals surface area contributed by atoms with Gasteiger partial charge in [-0.05, 0) is 50.2 Å². The van der Waals surface area contributed by atoms with Crippen molar-refractivity contribution in [3.05, 3.63) is 48.5 Å². The molecule has 1 atom stereocenters. The molecule has 9 heteroatoms. The minimum Gasteiger partial charge on any atom is -0.492 e. The third-order valence-corrected chi connectivity index (χ3v) is 5.93. The molecule has 0 radical (unpaired) electrons. The van der Waals surface area contributed by atoms with E-state index in [9.17, 15) is 13.2 Å². The number of nitrogens with zero attached hydrogens (tertiary/aromatic N) is 1. The van der Waals surface area contributed by atoms with Crippen molar-refractivity contribution in [3.63, 3.8) is 0 Å². The van der Waals surface area contributed by atoms with Crippen LogP contribution < -0.4 is 14.2 Å². The molecule has 1 heterocycles. The van der Waals surface area contributed by atoms with E-state index in [4.69, 9.17) is 14.2 Å². The Morgan fingerprint density at radius 2 is 1.80 bits per heavy atom. The molecule has 1 amide bonds. The fraction of sp³-hybridized carbons (Fsp3) is 0.381. The quantitative estimate of drug-likeness (QED) is 0.686. The molecule has 0 unspecified atom stereocenters. The average molecular weight is 435 g/mol. The Bertz CT molecular complexity index is 956. The highest BCUT2D eigenvalue weighted by molar-refractivity contribution is 7.92. The molecule has 0 spiro atoms. The molecule has 0 bridgehead atoms. The first-order valence-electron chi connectivity index (χ1n) is 9.78. The minimum atomic E-state index is -3.81. The number of nitrogens with one attached hydrogen (secondary N) is 1. The first-order valence-corrected chi connectivity index (χ1v) is 11.3. The lowest BCUT2D eigenvalue weighted by Gasteiger charge is -2.29. The van der Waals surface area contributed by atoms with Crippen LogP contribution in [0.5, 0.6) is 11.5 Å². The Morgan fingerprint density at radius 3 is 2.47 bits per heavy atom. The summed E-state index contributed by atoms with van der Waals surface area (Å²) in [4.78, 5) is 14.2. The molecule has 2 aromatic carbocycles. The van der Waals surface area contributed by atoms with E-state index in [2.05, 4.69) is 4.72 Å². The number of morpholine rings is 1. The second kappa shape index (κ2) is 9.82. The van der Waals surface area contributed by atoms with Crippen LogP contribution in [0, 0.1) is 0 Å². The summed E-state index contributed by atoms with van der Waals surface area (Å²) in [7, 11) is -3.81. The van der Waals surface area contributed by atoms with E-state index in [1.807, 2.05) is 6.92 Å². The lowest BCUT2D eigenvalue weighted by molar-refractivity contribution is -0.142. The number of anilines is 1. The fourth-order valence-electron chi connectivity index (χ4n) is 3.03. The summed E-state index contributed by atoms with van der Waals surface area (Å²) in [5.74, 6) is 0.751. The average Bonchev–Trinajstić information content (AvgIpc) is 2.75. The van der Waals surface area contributed by atoms with Gasteiger partial charge in [-0.25, -0.2) is 8.42 Å². The number of para-hydroxylation sites is 2. The van der Waals surface area contributed by atoms with E-state index in [-0.39, 0.29) is 10.8 Å². The van der Waals surface area contributed by atoms with Gasteiger partial charge in [-0.1, -0.05) is 12.1 Å². The number of carbonyl (C=O) groups is 1. The summed E-state index contributed by atoms with van der Waals surface area (Å²) in [5, 5.41) is 0. The van der Waals surface area contributed by atoms with Crippen LogP contribution in [-0.4, -0.2) is 58.2 Å². The van der Waals surface area contributed by atoms with Crippen LogP contribution in [0.2, 0.25) is 0 Å². The maximum absolute atomic E-state index is 12.7. The Kier molecular flexibility index (Phi) is 7.17. The van der Waals surface area contributed by atoms with Crippen LogP contribution in [0.4, 0.5) is 5.69 Å². The summed E-state index contributed by atoms with van der Waals surface area (Å²) in [5.41, 5.74) is 0.365. The molecular weight excluding hydrogens is 408 g/mol. The van der Waals surface area contributed by atoms with Gasteiger partial charge in [0.2, 0.25) is 0 Å². The molecule has 30 heavy (non-hydrogen) atoms. The summed E-state index contributed by atoms with van der Waals surface area (Å²) in [6.45, 7) is 6.04. The summed E-state index contributed by atoms with van der Waals surface area (Å²) < 4.78 is 44.4. The Morgan fingerprint density at radius 1 is 1.13 bits per heavy atom. The summed E-state index contributed by atoms with van der Waals surface area (Å²) >= 11 is 0. The molecule has 2 aromatic rings. The van der Waals surface area contributed by atoms with Gasteiger partial charge in [-0.15, -0.1) is 0 Å². The van der Waals surface area contributed by atoms with Crippen molar-refractivity contribution in [2.75, 3.05) is 37.6 Å². The predicted molar refractivity (Wildman–Crippen MR) is 112 cm³/mol. The van der Waals surface area contributed by atoms with E-state index in [1.54, 1.807) is 36.1 Å². The molecule has 8 nitrogen and oxygen atoms in total. The van der Waals surface area contributed by atoms with Crippen molar-refractivity contribution in [3.8, 4) is 11.5 Å². The van der Waals surface area contributed by atoms with Crippen molar-refractivity contribution < 1.29 is 27.4 Å². The lowest BCUT2D eigenvalue weighted by Crippen LogP contribution is -2.46. The monoisotopic (exact) mass is 434 g/mol. The van der Waals surface area contributed by atoms with Gasteiger partial charge in [0.05, 0.1) is 30.4 Å². The third kappa shape index (κ3) is 5.43. The largest absolute Gasteiger partial charge is 0.492 e. The van der Waals surface area contributed by atoms with Crippen molar-refractivity contribution in [2.45, 2.75) is 24.8 Å². The van der Waals surface area contributed by atoms with E-state index < -0.39 is 16.1 Å². The standard InChI is InChI=1S/C21H26N2O6S/c1-3-28-20-7-5-4-6-19(20)22-30(25,26)18-10-8-17(9-11-18)29-16(2)21(24)23-12-14-27-15-13-23/h4-11,16,22H,3,12-15H2,1-2H3/t16-/m1/s1. The van der Waals surface area contributed by atoms with Crippen LogP contribution in [0.25, 0.3) is 0 Å². The van der Waals surface area contributed by atoms with Gasteiger partial charge in [-0.2, -0.15) is 0 Å². The molecule has 0 aromatic heterocycles. The zero-order valence-electron chi connectivity index (χ0n) is 17.0. The van der Waals surface area contributed by atoms with Crippen molar-refractivity contribution in [1.29, 1.82) is 0 Å². The topological polar surface area (TPSA) is 94.2 Å². The number of sulfonamides is 1. The van der Waals surface area contributed by atoms with Gasteiger partial charge in [0.1, 0.15) is 11.5 Å². The molecule has 1 N–H and O–H groups in total. The van der Waals surface area contributed by atoms with Crippen LogP contribution in [0.1, 0.15) is 13.8 Å². The van der Waals surface area contributed by atoms with Gasteiger partial charge in [0.25, 0.3) is 15.9 Å². The molecular formula is C21H26N2O6S. The van der Waals surface area contributed by atoms with E-state index in [0.29, 0.717) is 50.1 Å². The first-order chi connectivity index (χ1) is 14.4.